The normalized spacial score (nSPS) is 13.2. The van der Waals surface area contributed by atoms with E-state index < -0.39 is 0 Å². The minimum atomic E-state index is -0.182. The number of nitrogens with one attached hydrogen (secondary N) is 1. The fourth-order valence-corrected chi connectivity index (χ4v) is 9.47. The van der Waals surface area contributed by atoms with E-state index in [2.05, 4.69) is 181 Å². The van der Waals surface area contributed by atoms with Crippen molar-refractivity contribution in [1.82, 2.24) is 19.4 Å². The number of para-hydroxylation sites is 6. The highest BCUT2D eigenvalue weighted by atomic mass is 15.0. The topological polar surface area (TPSA) is 46.0 Å². The molecular formula is C53H36N4. The summed E-state index contributed by atoms with van der Waals surface area (Å²) in [6.45, 7) is 4.75. The minimum absolute atomic E-state index is 0.182. The second kappa shape index (κ2) is 11.8. The highest BCUT2D eigenvalue weighted by molar-refractivity contribution is 6.15. The lowest BCUT2D eigenvalue weighted by Gasteiger charge is -2.23. The van der Waals surface area contributed by atoms with Crippen LogP contribution in [0.1, 0.15) is 25.0 Å². The van der Waals surface area contributed by atoms with Crippen molar-refractivity contribution >= 4 is 71.1 Å². The molecule has 0 amide bonds. The highest BCUT2D eigenvalue weighted by Gasteiger charge is 2.36. The van der Waals surface area contributed by atoms with Crippen molar-refractivity contribution in [2.75, 3.05) is 0 Å². The number of fused-ring (bicyclic) bond motifs is 15. The fourth-order valence-electron chi connectivity index (χ4n) is 9.47. The molecule has 0 radical (unpaired) electrons. The third-order valence-electron chi connectivity index (χ3n) is 12.4. The number of pyridine rings is 1. The molecule has 268 valence electrons. The van der Waals surface area contributed by atoms with Crippen LogP contribution in [0.25, 0.3) is 104 Å². The molecular weight excluding hydrogens is 693 g/mol. The SMILES string of the molecule is CC1(C)c2cc(-c3ccc4cnc5ccccc5[nH]c5ccccc5c4c3)ccc2-c2ccc(-c3ccc4c(c3)c3ccccc3n3c5ccccc5nc43)cc21. The van der Waals surface area contributed by atoms with Gasteiger partial charge < -0.3 is 4.98 Å². The van der Waals surface area contributed by atoms with Crippen molar-refractivity contribution in [3.05, 3.63) is 187 Å². The Hall–Kier alpha value is -7.30. The number of benzene rings is 8. The number of nitrogens with zero attached hydrogens (tertiary/aromatic N) is 3. The lowest BCUT2D eigenvalue weighted by atomic mass is 9.80. The van der Waals surface area contributed by atoms with Gasteiger partial charge in [-0.2, -0.15) is 0 Å². The van der Waals surface area contributed by atoms with E-state index in [9.17, 15) is 0 Å². The van der Waals surface area contributed by atoms with E-state index >= 15 is 0 Å². The number of aromatic amines is 1. The van der Waals surface area contributed by atoms with Crippen molar-refractivity contribution in [2.24, 2.45) is 0 Å². The van der Waals surface area contributed by atoms with Crippen LogP contribution in [-0.2, 0) is 5.41 Å². The first-order valence-electron chi connectivity index (χ1n) is 19.7. The van der Waals surface area contributed by atoms with Gasteiger partial charge >= 0.3 is 0 Å². The van der Waals surface area contributed by atoms with E-state index in [-0.39, 0.29) is 5.41 Å². The Morgan fingerprint density at radius 3 is 1.81 bits per heavy atom. The van der Waals surface area contributed by atoms with Crippen LogP contribution in [0.2, 0.25) is 0 Å². The fraction of sp³-hybridized carbons (Fsp3) is 0.0566. The van der Waals surface area contributed by atoms with Crippen LogP contribution >= 0.6 is 0 Å². The third kappa shape index (κ3) is 4.74. The largest absolute Gasteiger partial charge is 0.353 e. The Kier molecular flexibility index (Phi) is 6.65. The summed E-state index contributed by atoms with van der Waals surface area (Å²) in [5.41, 5.74) is 17.3. The number of hydrogen-bond donors (Lipinski definition) is 1. The van der Waals surface area contributed by atoms with Crippen molar-refractivity contribution in [2.45, 2.75) is 19.3 Å². The number of rotatable bonds is 2. The molecule has 0 atom stereocenters. The van der Waals surface area contributed by atoms with Crippen LogP contribution in [0, 0.1) is 0 Å². The molecule has 12 rings (SSSR count). The molecule has 8 aromatic carbocycles. The van der Waals surface area contributed by atoms with E-state index in [0.717, 1.165) is 54.8 Å². The number of aromatic nitrogens is 4. The van der Waals surface area contributed by atoms with E-state index in [1.54, 1.807) is 0 Å². The number of imidazole rings is 1. The first kappa shape index (κ1) is 32.0. The smallest absolute Gasteiger partial charge is 0.146 e. The average molecular weight is 729 g/mol. The zero-order valence-electron chi connectivity index (χ0n) is 31.6. The van der Waals surface area contributed by atoms with Gasteiger partial charge in [0.05, 0.1) is 27.6 Å². The molecule has 0 saturated heterocycles. The van der Waals surface area contributed by atoms with E-state index in [4.69, 9.17) is 9.97 Å². The Balaban J connectivity index is 0.972. The van der Waals surface area contributed by atoms with Crippen molar-refractivity contribution in [3.8, 4) is 33.4 Å². The summed E-state index contributed by atoms with van der Waals surface area (Å²) < 4.78 is 2.31. The molecule has 11 aromatic rings. The summed E-state index contributed by atoms with van der Waals surface area (Å²) in [7, 11) is 0. The van der Waals surface area contributed by atoms with Crippen molar-refractivity contribution in [1.29, 1.82) is 0 Å². The van der Waals surface area contributed by atoms with Gasteiger partial charge in [-0.05, 0) is 122 Å². The summed E-state index contributed by atoms with van der Waals surface area (Å²) in [5, 5.41) is 7.02. The lowest BCUT2D eigenvalue weighted by molar-refractivity contribution is 0.661. The van der Waals surface area contributed by atoms with E-state index in [1.807, 2.05) is 18.3 Å². The number of H-pyrrole nitrogens is 1. The van der Waals surface area contributed by atoms with Crippen LogP contribution < -0.4 is 0 Å². The molecule has 57 heavy (non-hydrogen) atoms. The molecule has 1 N–H and O–H groups in total. The van der Waals surface area contributed by atoms with Crippen LogP contribution in [0.5, 0.6) is 0 Å². The van der Waals surface area contributed by atoms with Crippen LogP contribution in [0.4, 0.5) is 0 Å². The van der Waals surface area contributed by atoms with Gasteiger partial charge in [-0.25, -0.2) is 4.98 Å². The van der Waals surface area contributed by atoms with Crippen LogP contribution in [-0.4, -0.2) is 19.4 Å². The Bertz CT molecular complexity index is 3480. The zero-order valence-corrected chi connectivity index (χ0v) is 31.6. The summed E-state index contributed by atoms with van der Waals surface area (Å²) in [6.07, 6.45) is 2.00. The van der Waals surface area contributed by atoms with Crippen LogP contribution in [0.15, 0.2) is 176 Å². The average Bonchev–Trinajstić information content (AvgIpc) is 3.77. The van der Waals surface area contributed by atoms with Crippen molar-refractivity contribution in [3.63, 3.8) is 0 Å². The predicted molar refractivity (Wildman–Crippen MR) is 238 cm³/mol. The molecule has 1 aliphatic rings. The predicted octanol–water partition coefficient (Wildman–Crippen LogP) is 13.7. The lowest BCUT2D eigenvalue weighted by Crippen LogP contribution is -2.15. The summed E-state index contributed by atoms with van der Waals surface area (Å²) >= 11 is 0. The standard InChI is InChI=1S/C53H36N4/c1-53(2)44-29-34(32-19-20-36-31-54-47-14-6-7-15-48(47)55-46-13-5-3-11-39(46)42(36)27-32)21-24-37(44)38-25-22-35(30-45(38)53)33-23-26-41-43(28-33)40-12-4-9-17-50(40)57-51-18-10-8-16-49(51)56-52(41)57/h3-31,55H,1-2H3. The second-order valence-corrected chi connectivity index (χ2v) is 15.9. The van der Waals surface area contributed by atoms with Gasteiger partial charge in [-0.3, -0.25) is 9.38 Å². The molecule has 0 aliphatic heterocycles. The third-order valence-corrected chi connectivity index (χ3v) is 12.4. The maximum absolute atomic E-state index is 5.12. The maximum atomic E-state index is 5.12. The molecule has 0 spiro atoms. The van der Waals surface area contributed by atoms with Gasteiger partial charge in [0.25, 0.3) is 0 Å². The van der Waals surface area contributed by atoms with Gasteiger partial charge in [0.2, 0.25) is 0 Å². The molecule has 0 fully saturated rings. The maximum Gasteiger partial charge on any atom is 0.146 e. The quantitative estimate of drug-likeness (QED) is 0.180. The summed E-state index contributed by atoms with van der Waals surface area (Å²) in [4.78, 5) is 13.7. The highest BCUT2D eigenvalue weighted by Crippen LogP contribution is 2.51. The molecule has 1 aliphatic carbocycles. The van der Waals surface area contributed by atoms with Gasteiger partial charge in [0.15, 0.2) is 0 Å². The second-order valence-electron chi connectivity index (χ2n) is 15.9. The monoisotopic (exact) mass is 728 g/mol. The molecule has 0 bridgehead atoms. The Morgan fingerprint density at radius 1 is 0.456 bits per heavy atom. The van der Waals surface area contributed by atoms with Gasteiger partial charge in [0, 0.05) is 38.7 Å². The minimum Gasteiger partial charge on any atom is -0.353 e. The molecule has 4 heteroatoms. The van der Waals surface area contributed by atoms with Crippen molar-refractivity contribution < 1.29 is 0 Å². The van der Waals surface area contributed by atoms with E-state index in [1.165, 1.54) is 60.8 Å². The molecule has 3 aromatic heterocycles. The summed E-state index contributed by atoms with van der Waals surface area (Å²) in [6, 6.07) is 61.7. The zero-order chi connectivity index (χ0) is 37.8. The first-order valence-corrected chi connectivity index (χ1v) is 19.7. The Morgan fingerprint density at radius 2 is 1.04 bits per heavy atom. The van der Waals surface area contributed by atoms with Crippen LogP contribution in [0.3, 0.4) is 0 Å². The molecule has 4 nitrogen and oxygen atoms in total. The number of hydrogen-bond acceptors (Lipinski definition) is 2. The molecule has 3 heterocycles. The van der Waals surface area contributed by atoms with Gasteiger partial charge in [-0.1, -0.05) is 117 Å². The van der Waals surface area contributed by atoms with Gasteiger partial charge in [-0.15, -0.1) is 0 Å². The molecule has 0 saturated carbocycles. The van der Waals surface area contributed by atoms with E-state index in [0.29, 0.717) is 0 Å². The Labute approximate surface area is 329 Å². The van der Waals surface area contributed by atoms with Gasteiger partial charge in [0.1, 0.15) is 5.65 Å². The summed E-state index contributed by atoms with van der Waals surface area (Å²) in [5.74, 6) is 0. The first-order chi connectivity index (χ1) is 28.0. The molecule has 0 unspecified atom stereocenters.